The lowest BCUT2D eigenvalue weighted by Gasteiger charge is -2.33. The smallest absolute Gasteiger partial charge is 0.120 e. The highest BCUT2D eigenvalue weighted by atomic mass is 79.9. The summed E-state index contributed by atoms with van der Waals surface area (Å²) < 4.78 is 3.01. The Kier molecular flexibility index (Phi) is 5.92. The molecule has 6 heteroatoms. The van der Waals surface area contributed by atoms with Crippen LogP contribution in [0.15, 0.2) is 86.2 Å². The quantitative estimate of drug-likeness (QED) is 0.334. The maximum atomic E-state index is 10.5. The Balaban J connectivity index is 1.76. The first kappa shape index (κ1) is 19.7. The molecule has 3 N–H and O–H groups in total. The van der Waals surface area contributed by atoms with Crippen molar-refractivity contribution in [3.05, 3.63) is 103 Å². The van der Waals surface area contributed by atoms with Gasteiger partial charge in [-0.15, -0.1) is 0 Å². The van der Waals surface area contributed by atoms with E-state index in [1.165, 1.54) is 0 Å². The predicted octanol–water partition coefficient (Wildman–Crippen LogP) is 6.65. The second-order valence-electron chi connectivity index (χ2n) is 6.56. The van der Waals surface area contributed by atoms with Crippen LogP contribution < -0.4 is 10.6 Å². The summed E-state index contributed by atoms with van der Waals surface area (Å²) >= 11 is 10.5. The minimum atomic E-state index is -0.147. The van der Waals surface area contributed by atoms with Gasteiger partial charge in [-0.1, -0.05) is 72.1 Å². The van der Waals surface area contributed by atoms with Gasteiger partial charge in [-0.3, -0.25) is 5.32 Å². The highest BCUT2D eigenvalue weighted by Crippen LogP contribution is 2.35. The van der Waals surface area contributed by atoms with Gasteiger partial charge < -0.3 is 10.4 Å². The molecule has 0 spiro atoms. The molecule has 3 nitrogen and oxygen atoms in total. The SMILES string of the molecule is Oc1ccc(Br)cc1C1C=C(c2ccc(Br)cc2)NC(c2ccc(Br)cc2)N1. The Morgan fingerprint density at radius 3 is 2.04 bits per heavy atom. The third kappa shape index (κ3) is 4.35. The number of aromatic hydroxyl groups is 1. The van der Waals surface area contributed by atoms with E-state index >= 15 is 0 Å². The number of rotatable bonds is 3. The van der Waals surface area contributed by atoms with Crippen LogP contribution in [0.25, 0.3) is 5.70 Å². The van der Waals surface area contributed by atoms with Crippen molar-refractivity contribution in [1.29, 1.82) is 0 Å². The summed E-state index contributed by atoms with van der Waals surface area (Å²) in [4.78, 5) is 0. The van der Waals surface area contributed by atoms with E-state index in [9.17, 15) is 5.11 Å². The molecule has 0 bridgehead atoms. The van der Waals surface area contributed by atoms with E-state index in [0.717, 1.165) is 35.8 Å². The Bertz CT molecular complexity index is 1020. The van der Waals surface area contributed by atoms with Crippen LogP contribution in [0.2, 0.25) is 0 Å². The van der Waals surface area contributed by atoms with E-state index in [2.05, 4.69) is 88.8 Å². The van der Waals surface area contributed by atoms with E-state index in [1.807, 2.05) is 36.4 Å². The molecule has 2 atom stereocenters. The van der Waals surface area contributed by atoms with Crippen LogP contribution in [0.1, 0.15) is 28.9 Å². The second kappa shape index (κ2) is 8.41. The topological polar surface area (TPSA) is 44.3 Å². The summed E-state index contributed by atoms with van der Waals surface area (Å²) in [5.74, 6) is 0.267. The molecule has 0 amide bonds. The summed E-state index contributed by atoms with van der Waals surface area (Å²) in [5, 5.41) is 17.6. The average Bonchev–Trinajstić information content (AvgIpc) is 2.70. The minimum Gasteiger partial charge on any atom is -0.508 e. The molecule has 0 saturated heterocycles. The Labute approximate surface area is 189 Å². The molecule has 0 aromatic heterocycles. The molecule has 2 unspecified atom stereocenters. The molecule has 1 aliphatic rings. The third-order valence-corrected chi connectivity index (χ3v) is 6.21. The van der Waals surface area contributed by atoms with E-state index in [1.54, 1.807) is 6.07 Å². The molecule has 1 aliphatic heterocycles. The van der Waals surface area contributed by atoms with Crippen LogP contribution in [0.5, 0.6) is 5.75 Å². The van der Waals surface area contributed by atoms with Gasteiger partial charge in [0.2, 0.25) is 0 Å². The molecule has 4 rings (SSSR count). The van der Waals surface area contributed by atoms with Crippen LogP contribution in [0, 0.1) is 0 Å². The molecule has 1 heterocycles. The normalized spacial score (nSPS) is 19.0. The molecule has 3 aromatic carbocycles. The number of hydrogen-bond donors (Lipinski definition) is 3. The number of phenols is 1. The zero-order chi connectivity index (χ0) is 19.7. The molecule has 142 valence electrons. The highest BCUT2D eigenvalue weighted by Gasteiger charge is 2.25. The molecular weight excluding hydrogens is 548 g/mol. The Morgan fingerprint density at radius 1 is 0.750 bits per heavy atom. The van der Waals surface area contributed by atoms with Gasteiger partial charge in [-0.05, 0) is 59.7 Å². The fraction of sp³-hybridized carbons (Fsp3) is 0.0909. The summed E-state index contributed by atoms with van der Waals surface area (Å²) in [6.07, 6.45) is 2.01. The molecule has 3 aromatic rings. The summed E-state index contributed by atoms with van der Waals surface area (Å²) in [5.41, 5.74) is 4.05. The van der Waals surface area contributed by atoms with Crippen molar-refractivity contribution in [2.75, 3.05) is 0 Å². The maximum absolute atomic E-state index is 10.5. The fourth-order valence-electron chi connectivity index (χ4n) is 3.24. The van der Waals surface area contributed by atoms with Gasteiger partial charge in [0.05, 0.1) is 6.04 Å². The van der Waals surface area contributed by atoms with Gasteiger partial charge in [0.15, 0.2) is 0 Å². The summed E-state index contributed by atoms with van der Waals surface area (Å²) in [6.45, 7) is 0. The van der Waals surface area contributed by atoms with Gasteiger partial charge in [0.1, 0.15) is 11.9 Å². The lowest BCUT2D eigenvalue weighted by molar-refractivity contribution is 0.419. The fourth-order valence-corrected chi connectivity index (χ4v) is 4.14. The minimum absolute atomic E-state index is 0.0971. The number of hydrogen-bond acceptors (Lipinski definition) is 3. The van der Waals surface area contributed by atoms with Crippen molar-refractivity contribution in [3.8, 4) is 5.75 Å². The lowest BCUT2D eigenvalue weighted by atomic mass is 9.98. The van der Waals surface area contributed by atoms with Crippen molar-refractivity contribution >= 4 is 53.5 Å². The van der Waals surface area contributed by atoms with Gasteiger partial charge in [0.25, 0.3) is 0 Å². The molecule has 28 heavy (non-hydrogen) atoms. The summed E-state index contributed by atoms with van der Waals surface area (Å²) in [7, 11) is 0. The Morgan fingerprint density at radius 2 is 1.36 bits per heavy atom. The summed E-state index contributed by atoms with van der Waals surface area (Å²) in [6, 6.07) is 21.8. The Hall–Kier alpha value is -1.60. The molecular formula is C22H17Br3N2O. The van der Waals surface area contributed by atoms with Crippen molar-refractivity contribution in [2.24, 2.45) is 0 Å². The maximum Gasteiger partial charge on any atom is 0.120 e. The molecule has 0 radical (unpaired) electrons. The molecule has 0 aliphatic carbocycles. The predicted molar refractivity (Wildman–Crippen MR) is 124 cm³/mol. The number of benzene rings is 3. The largest absolute Gasteiger partial charge is 0.508 e. The van der Waals surface area contributed by atoms with Crippen LogP contribution in [-0.2, 0) is 0 Å². The average molecular weight is 565 g/mol. The first-order valence-corrected chi connectivity index (χ1v) is 11.1. The van der Waals surface area contributed by atoms with E-state index in [4.69, 9.17) is 0 Å². The van der Waals surface area contributed by atoms with Gasteiger partial charge in [-0.25, -0.2) is 0 Å². The van der Waals surface area contributed by atoms with E-state index < -0.39 is 0 Å². The third-order valence-electron chi connectivity index (χ3n) is 4.66. The van der Waals surface area contributed by atoms with Crippen LogP contribution in [0.4, 0.5) is 0 Å². The highest BCUT2D eigenvalue weighted by molar-refractivity contribution is 9.11. The standard InChI is InChI=1S/C22H17Br3N2O/c23-15-5-1-13(2-6-15)19-12-20(18-11-17(25)9-10-21(18)28)27-22(26-19)14-3-7-16(24)8-4-14/h1-12,20,22,26-28H. The number of nitrogens with one attached hydrogen (secondary N) is 2. The first-order chi connectivity index (χ1) is 13.5. The number of halogens is 3. The van der Waals surface area contributed by atoms with Crippen LogP contribution in [-0.4, -0.2) is 5.11 Å². The monoisotopic (exact) mass is 562 g/mol. The lowest BCUT2D eigenvalue weighted by Crippen LogP contribution is -2.39. The molecule has 0 saturated carbocycles. The van der Waals surface area contributed by atoms with Gasteiger partial charge in [-0.2, -0.15) is 0 Å². The zero-order valence-electron chi connectivity index (χ0n) is 14.7. The van der Waals surface area contributed by atoms with Crippen molar-refractivity contribution < 1.29 is 5.11 Å². The van der Waals surface area contributed by atoms with Crippen LogP contribution in [0.3, 0.4) is 0 Å². The number of phenolic OH excluding ortho intramolecular Hbond substituents is 1. The first-order valence-electron chi connectivity index (χ1n) is 8.74. The second-order valence-corrected chi connectivity index (χ2v) is 9.31. The van der Waals surface area contributed by atoms with E-state index in [-0.39, 0.29) is 18.0 Å². The van der Waals surface area contributed by atoms with Crippen LogP contribution >= 0.6 is 47.8 Å². The van der Waals surface area contributed by atoms with E-state index in [0.29, 0.717) is 0 Å². The van der Waals surface area contributed by atoms with Crippen molar-refractivity contribution in [3.63, 3.8) is 0 Å². The van der Waals surface area contributed by atoms with Crippen molar-refractivity contribution in [2.45, 2.75) is 12.2 Å². The van der Waals surface area contributed by atoms with Crippen molar-refractivity contribution in [1.82, 2.24) is 10.6 Å². The van der Waals surface area contributed by atoms with Gasteiger partial charge in [0, 0.05) is 24.7 Å². The zero-order valence-corrected chi connectivity index (χ0v) is 19.4. The molecule has 0 fully saturated rings. The van der Waals surface area contributed by atoms with Gasteiger partial charge >= 0.3 is 0 Å².